The zero-order chi connectivity index (χ0) is 21.8. The van der Waals surface area contributed by atoms with Crippen LogP contribution in [-0.4, -0.2) is 52.9 Å². The predicted molar refractivity (Wildman–Crippen MR) is 124 cm³/mol. The fraction of sp³-hybridized carbons (Fsp3) is 0.167. The number of hydrogen-bond donors (Lipinski definition) is 2. The molecule has 7 heteroatoms. The van der Waals surface area contributed by atoms with Gasteiger partial charge in [0.2, 0.25) is 0 Å². The highest BCUT2D eigenvalue weighted by Gasteiger charge is 2.11. The van der Waals surface area contributed by atoms with E-state index in [2.05, 4.69) is 20.3 Å². The van der Waals surface area contributed by atoms with Crippen LogP contribution in [0.5, 0.6) is 0 Å². The molecule has 0 radical (unpaired) electrons. The van der Waals surface area contributed by atoms with Gasteiger partial charge < -0.3 is 16.0 Å². The Kier molecular flexibility index (Phi) is 5.86. The van der Waals surface area contributed by atoms with E-state index in [1.165, 1.54) is 0 Å². The van der Waals surface area contributed by atoms with Crippen molar-refractivity contribution < 1.29 is 4.79 Å². The number of nitrogens with one attached hydrogen (secondary N) is 1. The van der Waals surface area contributed by atoms with Crippen molar-refractivity contribution in [3.05, 3.63) is 72.7 Å². The van der Waals surface area contributed by atoms with Crippen LogP contribution in [-0.2, 0) is 0 Å². The van der Waals surface area contributed by atoms with E-state index in [1.54, 1.807) is 18.6 Å². The van der Waals surface area contributed by atoms with E-state index >= 15 is 0 Å². The van der Waals surface area contributed by atoms with Gasteiger partial charge in [-0.3, -0.25) is 14.8 Å². The van der Waals surface area contributed by atoms with Crippen molar-refractivity contribution in [1.82, 2.24) is 25.2 Å². The van der Waals surface area contributed by atoms with Gasteiger partial charge in [-0.25, -0.2) is 4.98 Å². The first kappa shape index (κ1) is 20.4. The van der Waals surface area contributed by atoms with Crippen LogP contribution in [0.4, 0.5) is 5.82 Å². The quantitative estimate of drug-likeness (QED) is 0.505. The Balaban J connectivity index is 1.64. The largest absolute Gasteiger partial charge is 0.383 e. The van der Waals surface area contributed by atoms with Crippen LogP contribution in [0, 0.1) is 0 Å². The molecule has 0 unspecified atom stereocenters. The molecule has 2 aromatic carbocycles. The summed E-state index contributed by atoms with van der Waals surface area (Å²) < 4.78 is 0. The van der Waals surface area contributed by atoms with Crippen molar-refractivity contribution in [2.24, 2.45) is 0 Å². The van der Waals surface area contributed by atoms with Crippen molar-refractivity contribution in [3.63, 3.8) is 0 Å². The molecule has 0 fully saturated rings. The SMILES string of the molecule is CN(C)CCNC(=O)c1cccc(-c2cnc(N)c(-c3ccc4nccnc4c3)c2)c1. The smallest absolute Gasteiger partial charge is 0.251 e. The maximum atomic E-state index is 12.5. The number of amides is 1. The summed E-state index contributed by atoms with van der Waals surface area (Å²) in [5, 5.41) is 2.94. The van der Waals surface area contributed by atoms with Crippen molar-refractivity contribution in [1.29, 1.82) is 0 Å². The maximum Gasteiger partial charge on any atom is 0.251 e. The Hall–Kier alpha value is -3.84. The standard InChI is InChI=1S/C24H24N6O/c1-30(2)11-10-28-24(31)18-5-3-4-16(12-18)19-13-20(23(25)29-15-19)17-6-7-21-22(14-17)27-9-8-26-21/h3-9,12-15H,10-11H2,1-2H3,(H2,25,29)(H,28,31). The third-order valence-electron chi connectivity index (χ3n) is 5.00. The molecule has 7 nitrogen and oxygen atoms in total. The molecule has 2 heterocycles. The third-order valence-corrected chi connectivity index (χ3v) is 5.00. The van der Waals surface area contributed by atoms with Crippen LogP contribution in [0.15, 0.2) is 67.1 Å². The summed E-state index contributed by atoms with van der Waals surface area (Å²) in [5.74, 6) is 0.338. The first-order chi connectivity index (χ1) is 15.0. The lowest BCUT2D eigenvalue weighted by atomic mass is 9.99. The van der Waals surface area contributed by atoms with Crippen LogP contribution in [0.2, 0.25) is 0 Å². The summed E-state index contributed by atoms with van der Waals surface area (Å²) in [4.78, 5) is 27.6. The van der Waals surface area contributed by atoms with E-state index in [-0.39, 0.29) is 5.91 Å². The van der Waals surface area contributed by atoms with Crippen molar-refractivity contribution in [2.75, 3.05) is 32.9 Å². The van der Waals surface area contributed by atoms with Gasteiger partial charge >= 0.3 is 0 Å². The molecule has 3 N–H and O–H groups in total. The van der Waals surface area contributed by atoms with Gasteiger partial charge in [0.25, 0.3) is 5.91 Å². The molecule has 4 rings (SSSR count). The Morgan fingerprint density at radius 2 is 1.74 bits per heavy atom. The number of rotatable bonds is 6. The highest BCUT2D eigenvalue weighted by atomic mass is 16.1. The first-order valence-corrected chi connectivity index (χ1v) is 10.0. The minimum atomic E-state index is -0.0968. The predicted octanol–water partition coefficient (Wildman–Crippen LogP) is 3.23. The number of nitrogens with zero attached hydrogens (tertiary/aromatic N) is 4. The third kappa shape index (κ3) is 4.67. The van der Waals surface area contributed by atoms with Crippen LogP contribution < -0.4 is 11.1 Å². The van der Waals surface area contributed by atoms with Crippen LogP contribution >= 0.6 is 0 Å². The molecule has 4 aromatic rings. The molecular formula is C24H24N6O. The normalized spacial score (nSPS) is 11.1. The Morgan fingerprint density at radius 3 is 2.55 bits per heavy atom. The van der Waals surface area contributed by atoms with Gasteiger partial charge in [0.05, 0.1) is 11.0 Å². The molecule has 0 bridgehead atoms. The molecule has 31 heavy (non-hydrogen) atoms. The average Bonchev–Trinajstić information content (AvgIpc) is 2.79. The second-order valence-corrected chi connectivity index (χ2v) is 7.56. The zero-order valence-corrected chi connectivity index (χ0v) is 17.5. The zero-order valence-electron chi connectivity index (χ0n) is 17.5. The number of likely N-dealkylation sites (N-methyl/N-ethyl adjacent to an activating group) is 1. The average molecular weight is 412 g/mol. The van der Waals surface area contributed by atoms with E-state index in [4.69, 9.17) is 5.73 Å². The summed E-state index contributed by atoms with van der Waals surface area (Å²) >= 11 is 0. The van der Waals surface area contributed by atoms with Crippen LogP contribution in [0.3, 0.4) is 0 Å². The molecule has 0 aliphatic heterocycles. The maximum absolute atomic E-state index is 12.5. The second kappa shape index (κ2) is 8.89. The Morgan fingerprint density at radius 1 is 0.935 bits per heavy atom. The summed E-state index contributed by atoms with van der Waals surface area (Å²) in [6.07, 6.45) is 5.06. The number of fused-ring (bicyclic) bond motifs is 1. The van der Waals surface area contributed by atoms with Gasteiger partial charge in [-0.2, -0.15) is 0 Å². The lowest BCUT2D eigenvalue weighted by Gasteiger charge is -2.12. The summed E-state index contributed by atoms with van der Waals surface area (Å²) in [6.45, 7) is 1.38. The number of carbonyl (C=O) groups excluding carboxylic acids is 1. The molecule has 0 spiro atoms. The number of nitrogen functional groups attached to an aromatic ring is 1. The fourth-order valence-electron chi connectivity index (χ4n) is 3.33. The number of hydrogen-bond acceptors (Lipinski definition) is 6. The van der Waals surface area contributed by atoms with Gasteiger partial charge in [0.1, 0.15) is 5.82 Å². The molecule has 2 aromatic heterocycles. The van der Waals surface area contributed by atoms with E-state index in [1.807, 2.05) is 67.5 Å². The van der Waals surface area contributed by atoms with Gasteiger partial charge in [-0.05, 0) is 55.6 Å². The van der Waals surface area contributed by atoms with Gasteiger partial charge in [0.15, 0.2) is 0 Å². The number of carbonyl (C=O) groups is 1. The molecule has 0 atom stereocenters. The molecule has 156 valence electrons. The lowest BCUT2D eigenvalue weighted by Crippen LogP contribution is -2.31. The second-order valence-electron chi connectivity index (χ2n) is 7.56. The number of benzene rings is 2. The summed E-state index contributed by atoms with van der Waals surface area (Å²) in [6, 6.07) is 15.3. The Bertz CT molecular complexity index is 1240. The molecule has 0 aliphatic carbocycles. The highest BCUT2D eigenvalue weighted by molar-refractivity contribution is 5.95. The number of nitrogens with two attached hydrogens (primary N) is 1. The van der Waals surface area contributed by atoms with Crippen molar-refractivity contribution >= 4 is 22.8 Å². The minimum absolute atomic E-state index is 0.0968. The summed E-state index contributed by atoms with van der Waals surface area (Å²) in [7, 11) is 3.95. The number of pyridine rings is 1. The van der Waals surface area contributed by atoms with E-state index in [0.717, 1.165) is 39.8 Å². The van der Waals surface area contributed by atoms with Crippen molar-refractivity contribution in [3.8, 4) is 22.3 Å². The van der Waals surface area contributed by atoms with Crippen LogP contribution in [0.1, 0.15) is 10.4 Å². The first-order valence-electron chi connectivity index (χ1n) is 10.0. The minimum Gasteiger partial charge on any atom is -0.383 e. The molecule has 0 saturated heterocycles. The number of anilines is 1. The van der Waals surface area contributed by atoms with Crippen LogP contribution in [0.25, 0.3) is 33.3 Å². The highest BCUT2D eigenvalue weighted by Crippen LogP contribution is 2.31. The van der Waals surface area contributed by atoms with Gasteiger partial charge in [-0.15, -0.1) is 0 Å². The Labute approximate surface area is 181 Å². The van der Waals surface area contributed by atoms with E-state index < -0.39 is 0 Å². The molecule has 0 saturated carbocycles. The van der Waals surface area contributed by atoms with Crippen molar-refractivity contribution in [2.45, 2.75) is 0 Å². The number of aromatic nitrogens is 3. The van der Waals surface area contributed by atoms with E-state index in [0.29, 0.717) is 17.9 Å². The van der Waals surface area contributed by atoms with Gasteiger partial charge in [-0.1, -0.05) is 18.2 Å². The molecular weight excluding hydrogens is 388 g/mol. The van der Waals surface area contributed by atoms with Gasteiger partial charge in [0, 0.05) is 48.4 Å². The van der Waals surface area contributed by atoms with E-state index in [9.17, 15) is 4.79 Å². The topological polar surface area (TPSA) is 97.0 Å². The lowest BCUT2D eigenvalue weighted by molar-refractivity contribution is 0.0951. The summed E-state index contributed by atoms with van der Waals surface area (Å²) in [5.41, 5.74) is 11.9. The monoisotopic (exact) mass is 412 g/mol. The fourth-order valence-corrected chi connectivity index (χ4v) is 3.33. The molecule has 0 aliphatic rings. The molecule has 1 amide bonds.